The van der Waals surface area contributed by atoms with E-state index in [1.165, 1.54) is 11.1 Å². The van der Waals surface area contributed by atoms with E-state index < -0.39 is 0 Å². The molecule has 0 atom stereocenters. The molecule has 6 nitrogen and oxygen atoms in total. The summed E-state index contributed by atoms with van der Waals surface area (Å²) in [5.74, 6) is 0.0223. The minimum atomic E-state index is -0.234. The smallest absolute Gasteiger partial charge is 0.225 e. The molecule has 4 rings (SSSR count). The van der Waals surface area contributed by atoms with Crippen molar-refractivity contribution in [1.29, 1.82) is 0 Å². The van der Waals surface area contributed by atoms with E-state index in [-0.39, 0.29) is 23.7 Å². The predicted octanol–water partition coefficient (Wildman–Crippen LogP) is 3.13. The highest BCUT2D eigenvalue weighted by atomic mass is 16.2. The van der Waals surface area contributed by atoms with Gasteiger partial charge in [-0.3, -0.25) is 14.6 Å². The number of nitrogens with two attached hydrogens (primary N) is 1. The number of amides is 2. The number of aryl methyl sites for hydroxylation is 1. The topological polar surface area (TPSA) is 79.5 Å². The average molecular weight is 409 g/mol. The summed E-state index contributed by atoms with van der Waals surface area (Å²) >= 11 is 0. The van der Waals surface area contributed by atoms with Crippen molar-refractivity contribution < 1.29 is 9.59 Å². The minimum Gasteiger partial charge on any atom is -0.371 e. The van der Waals surface area contributed by atoms with Gasteiger partial charge in [-0.2, -0.15) is 0 Å². The molecule has 2 saturated heterocycles. The molecule has 1 aromatic carbocycles. The van der Waals surface area contributed by atoms with Gasteiger partial charge in [0.1, 0.15) is 0 Å². The summed E-state index contributed by atoms with van der Waals surface area (Å²) in [5.41, 5.74) is 8.86. The highest BCUT2D eigenvalue weighted by Crippen LogP contribution is 2.32. The van der Waals surface area contributed by atoms with Crippen LogP contribution >= 0.6 is 0 Å². The molecule has 2 amide bonds. The number of fused-ring (bicyclic) bond motifs is 1. The molecule has 160 valence electrons. The van der Waals surface area contributed by atoms with Crippen molar-refractivity contribution in [1.82, 2.24) is 9.88 Å². The number of hydrogen-bond donors (Lipinski definition) is 1. The number of piperidine rings is 2. The quantitative estimate of drug-likeness (QED) is 0.824. The number of primary amides is 1. The van der Waals surface area contributed by atoms with Gasteiger partial charge in [-0.15, -0.1) is 0 Å². The summed E-state index contributed by atoms with van der Waals surface area (Å²) in [7, 11) is 0. The first-order valence-corrected chi connectivity index (χ1v) is 11.3. The van der Waals surface area contributed by atoms with Crippen LogP contribution in [0.4, 0.5) is 5.69 Å². The Bertz CT molecular complexity index is 913. The molecular formula is C24H32N4O2. The van der Waals surface area contributed by atoms with Crippen LogP contribution in [0, 0.1) is 11.8 Å². The van der Waals surface area contributed by atoms with Crippen molar-refractivity contribution in [3.63, 3.8) is 0 Å². The van der Waals surface area contributed by atoms with Crippen molar-refractivity contribution in [2.75, 3.05) is 31.1 Å². The van der Waals surface area contributed by atoms with E-state index in [9.17, 15) is 9.59 Å². The number of nitrogens with zero attached hydrogens (tertiary/aromatic N) is 3. The Hall–Kier alpha value is -2.63. The molecule has 0 unspecified atom stereocenters. The van der Waals surface area contributed by atoms with E-state index in [0.29, 0.717) is 25.9 Å². The Morgan fingerprint density at radius 1 is 1.03 bits per heavy atom. The fraction of sp³-hybridized carbons (Fsp3) is 0.542. The summed E-state index contributed by atoms with van der Waals surface area (Å²) in [6.45, 7) is 5.26. The Morgan fingerprint density at radius 2 is 1.70 bits per heavy atom. The van der Waals surface area contributed by atoms with E-state index in [0.717, 1.165) is 50.0 Å². The molecule has 2 aliphatic heterocycles. The monoisotopic (exact) mass is 408 g/mol. The van der Waals surface area contributed by atoms with Gasteiger partial charge in [0.15, 0.2) is 0 Å². The number of hydrogen-bond acceptors (Lipinski definition) is 4. The first kappa shape index (κ1) is 20.6. The molecule has 0 saturated carbocycles. The minimum absolute atomic E-state index is 0.0758. The zero-order chi connectivity index (χ0) is 21.1. The molecule has 6 heteroatoms. The van der Waals surface area contributed by atoms with Crippen LogP contribution < -0.4 is 10.6 Å². The molecule has 0 radical (unpaired) electrons. The van der Waals surface area contributed by atoms with Gasteiger partial charge in [-0.25, -0.2) is 0 Å². The van der Waals surface area contributed by atoms with Crippen molar-refractivity contribution in [3.8, 4) is 0 Å². The first-order valence-electron chi connectivity index (χ1n) is 11.3. The Kier molecular flexibility index (Phi) is 6.21. The van der Waals surface area contributed by atoms with Crippen molar-refractivity contribution in [2.45, 2.75) is 45.4 Å². The molecule has 30 heavy (non-hydrogen) atoms. The summed E-state index contributed by atoms with van der Waals surface area (Å²) in [6, 6.07) is 10.6. The summed E-state index contributed by atoms with van der Waals surface area (Å²) < 4.78 is 0. The average Bonchev–Trinajstić information content (AvgIpc) is 2.78. The largest absolute Gasteiger partial charge is 0.371 e. The van der Waals surface area contributed by atoms with E-state index in [4.69, 9.17) is 10.7 Å². The van der Waals surface area contributed by atoms with Gasteiger partial charge in [-0.05, 0) is 44.2 Å². The van der Waals surface area contributed by atoms with Crippen LogP contribution in [-0.4, -0.2) is 47.9 Å². The Labute approximate surface area is 178 Å². The van der Waals surface area contributed by atoms with Crippen LogP contribution in [0.25, 0.3) is 10.9 Å². The lowest BCUT2D eigenvalue weighted by Crippen LogP contribution is -2.46. The number of benzene rings is 1. The maximum Gasteiger partial charge on any atom is 0.225 e. The van der Waals surface area contributed by atoms with Crippen LogP contribution in [0.5, 0.6) is 0 Å². The molecular weight excluding hydrogens is 376 g/mol. The van der Waals surface area contributed by atoms with Gasteiger partial charge in [0, 0.05) is 54.8 Å². The zero-order valence-corrected chi connectivity index (χ0v) is 17.8. The molecule has 2 aromatic rings. The van der Waals surface area contributed by atoms with E-state index in [1.807, 2.05) is 11.0 Å². The number of pyridine rings is 1. The van der Waals surface area contributed by atoms with Gasteiger partial charge in [0.2, 0.25) is 11.8 Å². The van der Waals surface area contributed by atoms with Gasteiger partial charge < -0.3 is 15.5 Å². The highest BCUT2D eigenvalue weighted by molar-refractivity contribution is 5.92. The Balaban J connectivity index is 1.42. The van der Waals surface area contributed by atoms with E-state index in [2.05, 4.69) is 36.1 Å². The predicted molar refractivity (Wildman–Crippen MR) is 119 cm³/mol. The fourth-order valence-electron chi connectivity index (χ4n) is 4.87. The number of carbonyl (C=O) groups excluding carboxylic acids is 2. The van der Waals surface area contributed by atoms with Gasteiger partial charge >= 0.3 is 0 Å². The Morgan fingerprint density at radius 3 is 2.37 bits per heavy atom. The molecule has 2 N–H and O–H groups in total. The maximum absolute atomic E-state index is 13.0. The lowest BCUT2D eigenvalue weighted by molar-refractivity contribution is -0.139. The highest BCUT2D eigenvalue weighted by Gasteiger charge is 2.32. The van der Waals surface area contributed by atoms with Crippen molar-refractivity contribution in [2.24, 2.45) is 17.6 Å². The molecule has 0 bridgehead atoms. The van der Waals surface area contributed by atoms with Gasteiger partial charge in [0.05, 0.1) is 5.52 Å². The van der Waals surface area contributed by atoms with E-state index >= 15 is 0 Å². The number of aromatic nitrogens is 1. The second-order valence-electron chi connectivity index (χ2n) is 8.66. The zero-order valence-electron chi connectivity index (χ0n) is 17.8. The number of likely N-dealkylation sites (tertiary alicyclic amines) is 1. The van der Waals surface area contributed by atoms with Crippen molar-refractivity contribution >= 4 is 28.4 Å². The molecule has 0 spiro atoms. The molecule has 3 heterocycles. The van der Waals surface area contributed by atoms with Crippen LogP contribution in [0.15, 0.2) is 30.3 Å². The number of rotatable bonds is 5. The molecule has 1 aromatic heterocycles. The van der Waals surface area contributed by atoms with Gasteiger partial charge in [0.25, 0.3) is 0 Å². The summed E-state index contributed by atoms with van der Waals surface area (Å²) in [6.07, 6.45) is 5.19. The molecule has 2 fully saturated rings. The molecule has 0 aliphatic carbocycles. The molecule has 2 aliphatic rings. The number of anilines is 1. The second kappa shape index (κ2) is 9.02. The summed E-state index contributed by atoms with van der Waals surface area (Å²) in [5, 5.41) is 1.19. The van der Waals surface area contributed by atoms with E-state index in [1.54, 1.807) is 0 Å². The third-order valence-electron chi connectivity index (χ3n) is 6.65. The van der Waals surface area contributed by atoms with Crippen LogP contribution in [0.1, 0.15) is 44.7 Å². The second-order valence-corrected chi connectivity index (χ2v) is 8.66. The summed E-state index contributed by atoms with van der Waals surface area (Å²) in [4.78, 5) is 33.6. The number of carbonyl (C=O) groups is 2. The standard InChI is InChI=1S/C24H32N4O2/c1-2-5-19-16-22(20-6-3-4-7-21(20)26-19)27-12-10-18(11-13-27)24(30)28-14-8-17(9-15-28)23(25)29/h3-4,6-7,16-18H,2,5,8-15H2,1H3,(H2,25,29). The fourth-order valence-corrected chi connectivity index (χ4v) is 4.87. The third-order valence-corrected chi connectivity index (χ3v) is 6.65. The van der Waals surface area contributed by atoms with Crippen LogP contribution in [0.2, 0.25) is 0 Å². The SMILES string of the molecule is CCCc1cc(N2CCC(C(=O)N3CCC(C(N)=O)CC3)CC2)c2ccccc2n1. The van der Waals surface area contributed by atoms with Crippen LogP contribution in [0.3, 0.4) is 0 Å². The van der Waals surface area contributed by atoms with Crippen LogP contribution in [-0.2, 0) is 16.0 Å². The number of para-hydroxylation sites is 1. The van der Waals surface area contributed by atoms with Crippen molar-refractivity contribution in [3.05, 3.63) is 36.0 Å². The first-order chi connectivity index (χ1) is 14.6. The lowest BCUT2D eigenvalue weighted by Gasteiger charge is -2.38. The maximum atomic E-state index is 13.0. The van der Waals surface area contributed by atoms with Gasteiger partial charge in [-0.1, -0.05) is 31.5 Å². The lowest BCUT2D eigenvalue weighted by atomic mass is 9.91. The third kappa shape index (κ3) is 4.27. The normalized spacial score (nSPS) is 18.7.